The zero-order chi connectivity index (χ0) is 28.8. The van der Waals surface area contributed by atoms with Crippen LogP contribution in [0.2, 0.25) is 0 Å². The van der Waals surface area contributed by atoms with E-state index >= 15 is 0 Å². The Balaban J connectivity index is 1.40. The first kappa shape index (κ1) is 30.1. The van der Waals surface area contributed by atoms with Gasteiger partial charge in [0.2, 0.25) is 0 Å². The summed E-state index contributed by atoms with van der Waals surface area (Å²) in [5, 5.41) is 10.1. The minimum Gasteiger partial charge on any atom is -0.395 e. The number of hydrogen-bond acceptors (Lipinski definition) is 6. The fraction of sp³-hybridized carbons (Fsp3) is 0.333. The van der Waals surface area contributed by atoms with E-state index < -0.39 is 0 Å². The molecule has 0 bridgehead atoms. The number of likely N-dealkylation sites (tertiary alicyclic amines) is 1. The molecule has 42 heavy (non-hydrogen) atoms. The second kappa shape index (κ2) is 16.3. The Morgan fingerprint density at radius 1 is 0.548 bits per heavy atom. The van der Waals surface area contributed by atoms with Gasteiger partial charge in [0.25, 0.3) is 0 Å². The van der Waals surface area contributed by atoms with Crippen molar-refractivity contribution in [1.82, 2.24) is 4.90 Å². The summed E-state index contributed by atoms with van der Waals surface area (Å²) in [6, 6.07) is 40.6. The Morgan fingerprint density at radius 3 is 1.45 bits per heavy atom. The van der Waals surface area contributed by atoms with Crippen molar-refractivity contribution in [2.75, 3.05) is 26.3 Å². The van der Waals surface area contributed by atoms with Gasteiger partial charge in [-0.3, -0.25) is 4.90 Å². The van der Waals surface area contributed by atoms with Gasteiger partial charge >= 0.3 is 0 Å². The summed E-state index contributed by atoms with van der Waals surface area (Å²) in [5.74, 6) is 0. The van der Waals surface area contributed by atoms with E-state index in [9.17, 15) is 5.11 Å². The Hall–Kier alpha value is -3.36. The molecule has 1 unspecified atom stereocenters. The van der Waals surface area contributed by atoms with Gasteiger partial charge in [0, 0.05) is 13.1 Å². The maximum Gasteiger partial charge on any atom is 0.113 e. The van der Waals surface area contributed by atoms with Crippen LogP contribution >= 0.6 is 0 Å². The van der Waals surface area contributed by atoms with Crippen LogP contribution in [0.25, 0.3) is 0 Å². The summed E-state index contributed by atoms with van der Waals surface area (Å²) in [7, 11) is 0. The van der Waals surface area contributed by atoms with Crippen LogP contribution in [0.15, 0.2) is 121 Å². The molecule has 0 radical (unpaired) electrons. The van der Waals surface area contributed by atoms with Crippen LogP contribution in [0.3, 0.4) is 0 Å². The molecule has 0 aliphatic carbocycles. The zero-order valence-electron chi connectivity index (χ0n) is 24.0. The number of benzene rings is 4. The van der Waals surface area contributed by atoms with Crippen LogP contribution in [0.4, 0.5) is 0 Å². The molecule has 1 aliphatic rings. The molecule has 1 fully saturated rings. The molecule has 0 saturated carbocycles. The lowest BCUT2D eigenvalue weighted by Crippen LogP contribution is -2.65. The highest BCUT2D eigenvalue weighted by Gasteiger charge is 2.46. The van der Waals surface area contributed by atoms with Crippen molar-refractivity contribution in [2.45, 2.75) is 50.8 Å². The third kappa shape index (κ3) is 8.82. The highest BCUT2D eigenvalue weighted by Crippen LogP contribution is 2.29. The standard InChI is InChI=1S/C36H41NO5/c38-22-21-37-23-34(40-25-30-15-7-2-8-16-30)36(42-27-32-19-11-4-12-20-32)35(41-26-31-17-9-3-10-18-31)33(37)28-39-24-29-13-5-1-6-14-29/h1-20,33-36,38H,21-28H2/t33?,34-,35-,36-/m1/s1. The molecule has 1 heterocycles. The van der Waals surface area contributed by atoms with Crippen LogP contribution in [0.5, 0.6) is 0 Å². The number of piperidine rings is 1. The van der Waals surface area contributed by atoms with Crippen LogP contribution < -0.4 is 0 Å². The molecule has 0 spiro atoms. The van der Waals surface area contributed by atoms with Crippen LogP contribution in [-0.4, -0.2) is 60.7 Å². The van der Waals surface area contributed by atoms with Gasteiger partial charge in [-0.1, -0.05) is 121 Å². The van der Waals surface area contributed by atoms with Gasteiger partial charge in [0.15, 0.2) is 0 Å². The average Bonchev–Trinajstić information content (AvgIpc) is 3.05. The molecule has 0 amide bonds. The van der Waals surface area contributed by atoms with Gasteiger partial charge in [0.05, 0.1) is 51.8 Å². The van der Waals surface area contributed by atoms with Crippen LogP contribution in [0.1, 0.15) is 22.3 Å². The highest BCUT2D eigenvalue weighted by molar-refractivity contribution is 5.16. The van der Waals surface area contributed by atoms with E-state index in [1.807, 2.05) is 72.8 Å². The average molecular weight is 568 g/mol. The molecule has 220 valence electrons. The second-order valence-corrected chi connectivity index (χ2v) is 10.6. The smallest absolute Gasteiger partial charge is 0.113 e. The van der Waals surface area contributed by atoms with E-state index in [4.69, 9.17) is 18.9 Å². The summed E-state index contributed by atoms with van der Waals surface area (Å²) in [5.41, 5.74) is 4.40. The predicted octanol–water partition coefficient (Wildman–Crippen LogP) is 5.64. The summed E-state index contributed by atoms with van der Waals surface area (Å²) in [6.45, 7) is 3.39. The molecular formula is C36H41NO5. The molecule has 1 N–H and O–H groups in total. The van der Waals surface area contributed by atoms with Gasteiger partial charge in [-0.15, -0.1) is 0 Å². The molecule has 6 nitrogen and oxygen atoms in total. The summed E-state index contributed by atoms with van der Waals surface area (Å²) >= 11 is 0. The SMILES string of the molecule is OCCN1C[C@@H](OCc2ccccc2)[C@@H](OCc2ccccc2)[C@H](OCc2ccccc2)C1COCc1ccccc1. The molecule has 4 atom stereocenters. The Morgan fingerprint density at radius 2 is 0.976 bits per heavy atom. The number of ether oxygens (including phenoxy) is 4. The first-order valence-electron chi connectivity index (χ1n) is 14.7. The van der Waals surface area contributed by atoms with E-state index in [1.165, 1.54) is 0 Å². The molecular weight excluding hydrogens is 526 g/mol. The Labute approximate surface area is 249 Å². The van der Waals surface area contributed by atoms with E-state index in [1.54, 1.807) is 0 Å². The number of aliphatic hydroxyl groups is 1. The van der Waals surface area contributed by atoms with E-state index in [-0.39, 0.29) is 31.0 Å². The first-order chi connectivity index (χ1) is 20.8. The zero-order valence-corrected chi connectivity index (χ0v) is 24.0. The first-order valence-corrected chi connectivity index (χ1v) is 14.7. The minimum atomic E-state index is -0.356. The largest absolute Gasteiger partial charge is 0.395 e. The van der Waals surface area contributed by atoms with Crippen molar-refractivity contribution in [1.29, 1.82) is 0 Å². The van der Waals surface area contributed by atoms with E-state index in [0.29, 0.717) is 46.1 Å². The Kier molecular flexibility index (Phi) is 11.7. The molecule has 0 aromatic heterocycles. The third-order valence-electron chi connectivity index (χ3n) is 7.62. The fourth-order valence-corrected chi connectivity index (χ4v) is 5.43. The maximum atomic E-state index is 10.1. The van der Waals surface area contributed by atoms with Crippen molar-refractivity contribution in [3.8, 4) is 0 Å². The van der Waals surface area contributed by atoms with E-state index in [0.717, 1.165) is 22.3 Å². The summed E-state index contributed by atoms with van der Waals surface area (Å²) in [4.78, 5) is 2.23. The van der Waals surface area contributed by atoms with Crippen LogP contribution in [-0.2, 0) is 45.4 Å². The lowest BCUT2D eigenvalue weighted by molar-refractivity contribution is -0.211. The number of aliphatic hydroxyl groups excluding tert-OH is 1. The van der Waals surface area contributed by atoms with Crippen LogP contribution in [0, 0.1) is 0 Å². The molecule has 5 rings (SSSR count). The summed E-state index contributed by atoms with van der Waals surface area (Å²) in [6.07, 6.45) is -0.977. The fourth-order valence-electron chi connectivity index (χ4n) is 5.43. The molecule has 1 saturated heterocycles. The van der Waals surface area contributed by atoms with Crippen molar-refractivity contribution < 1.29 is 24.1 Å². The lowest BCUT2D eigenvalue weighted by atomic mass is 9.93. The quantitative estimate of drug-likeness (QED) is 0.201. The van der Waals surface area contributed by atoms with Gasteiger partial charge in [-0.05, 0) is 22.3 Å². The van der Waals surface area contributed by atoms with Crippen molar-refractivity contribution in [3.63, 3.8) is 0 Å². The number of β-amino-alcohol motifs (C(OH)–C–C–N with tert-alkyl or cyclic N) is 1. The second-order valence-electron chi connectivity index (χ2n) is 10.6. The summed E-state index contributed by atoms with van der Waals surface area (Å²) < 4.78 is 26.3. The normalized spacial score (nSPS) is 20.9. The molecule has 6 heteroatoms. The number of rotatable bonds is 15. The van der Waals surface area contributed by atoms with Gasteiger partial charge in [-0.2, -0.15) is 0 Å². The van der Waals surface area contributed by atoms with E-state index in [2.05, 4.69) is 53.4 Å². The topological polar surface area (TPSA) is 60.4 Å². The highest BCUT2D eigenvalue weighted by atomic mass is 16.6. The van der Waals surface area contributed by atoms with Crippen molar-refractivity contribution in [2.24, 2.45) is 0 Å². The monoisotopic (exact) mass is 567 g/mol. The maximum absolute atomic E-state index is 10.1. The minimum absolute atomic E-state index is 0.0293. The number of nitrogens with zero attached hydrogens (tertiary/aromatic N) is 1. The number of hydrogen-bond donors (Lipinski definition) is 1. The van der Waals surface area contributed by atoms with Gasteiger partial charge < -0.3 is 24.1 Å². The third-order valence-corrected chi connectivity index (χ3v) is 7.62. The van der Waals surface area contributed by atoms with Crippen molar-refractivity contribution in [3.05, 3.63) is 144 Å². The Bertz CT molecular complexity index is 1280. The lowest BCUT2D eigenvalue weighted by Gasteiger charge is -2.48. The molecule has 4 aromatic rings. The predicted molar refractivity (Wildman–Crippen MR) is 164 cm³/mol. The molecule has 1 aliphatic heterocycles. The molecule has 4 aromatic carbocycles. The van der Waals surface area contributed by atoms with Gasteiger partial charge in [0.1, 0.15) is 12.2 Å². The van der Waals surface area contributed by atoms with Crippen molar-refractivity contribution >= 4 is 0 Å². The van der Waals surface area contributed by atoms with Gasteiger partial charge in [-0.25, -0.2) is 0 Å².